The topological polar surface area (TPSA) is 79.5 Å². The molecule has 6 heteroatoms. The average molecular weight is 271 g/mol. The lowest BCUT2D eigenvalue weighted by Gasteiger charge is -2.18. The van der Waals surface area contributed by atoms with Crippen LogP contribution >= 0.6 is 0 Å². The minimum Gasteiger partial charge on any atom is -0.379 e. The third-order valence-corrected chi connectivity index (χ3v) is 3.13. The van der Waals surface area contributed by atoms with Crippen LogP contribution in [-0.2, 0) is 14.3 Å². The first kappa shape index (κ1) is 15.9. The van der Waals surface area contributed by atoms with Crippen molar-refractivity contribution in [3.05, 3.63) is 0 Å². The van der Waals surface area contributed by atoms with Gasteiger partial charge in [-0.15, -0.1) is 0 Å². The number of carbonyl (C=O) groups excluding carboxylic acids is 2. The van der Waals surface area contributed by atoms with Crippen molar-refractivity contribution in [2.75, 3.05) is 32.8 Å². The highest BCUT2D eigenvalue weighted by atomic mass is 16.5. The molecule has 0 spiro atoms. The van der Waals surface area contributed by atoms with E-state index in [1.165, 1.54) is 0 Å². The highest BCUT2D eigenvalue weighted by molar-refractivity contribution is 5.80. The summed E-state index contributed by atoms with van der Waals surface area (Å²) in [6.07, 6.45) is 0. The lowest BCUT2D eigenvalue weighted by molar-refractivity contribution is -0.126. The predicted molar refractivity (Wildman–Crippen MR) is 72.6 cm³/mol. The molecule has 1 fully saturated rings. The highest BCUT2D eigenvalue weighted by Crippen LogP contribution is 2.13. The third kappa shape index (κ3) is 5.16. The molecule has 0 saturated carbocycles. The zero-order valence-electron chi connectivity index (χ0n) is 12.0. The van der Waals surface area contributed by atoms with E-state index in [-0.39, 0.29) is 29.7 Å². The van der Waals surface area contributed by atoms with Gasteiger partial charge in [-0.3, -0.25) is 9.59 Å². The van der Waals surface area contributed by atoms with Crippen molar-refractivity contribution in [3.8, 4) is 0 Å². The van der Waals surface area contributed by atoms with Crippen LogP contribution < -0.4 is 16.0 Å². The molecule has 110 valence electrons. The Balaban J connectivity index is 2.22. The summed E-state index contributed by atoms with van der Waals surface area (Å²) in [5.41, 5.74) is 0. The Morgan fingerprint density at radius 1 is 1.21 bits per heavy atom. The van der Waals surface area contributed by atoms with Gasteiger partial charge in [-0.1, -0.05) is 20.8 Å². The predicted octanol–water partition coefficient (Wildman–Crippen LogP) is -0.501. The average Bonchev–Trinajstić information content (AvgIpc) is 2.82. The summed E-state index contributed by atoms with van der Waals surface area (Å²) in [7, 11) is 0. The van der Waals surface area contributed by atoms with Crippen LogP contribution in [0.5, 0.6) is 0 Å². The molecular weight excluding hydrogens is 246 g/mol. The number of likely N-dealkylation sites (N-methyl/N-ethyl adjacent to an activating group) is 1. The first-order chi connectivity index (χ1) is 9.06. The largest absolute Gasteiger partial charge is 0.379 e. The molecule has 1 saturated heterocycles. The summed E-state index contributed by atoms with van der Waals surface area (Å²) in [5, 5.41) is 8.84. The molecule has 2 unspecified atom stereocenters. The van der Waals surface area contributed by atoms with E-state index in [1.54, 1.807) is 0 Å². The van der Waals surface area contributed by atoms with E-state index in [0.29, 0.717) is 26.3 Å². The molecule has 2 atom stereocenters. The van der Waals surface area contributed by atoms with Gasteiger partial charge in [-0.25, -0.2) is 0 Å². The van der Waals surface area contributed by atoms with E-state index in [1.807, 2.05) is 20.8 Å². The lowest BCUT2D eigenvalue weighted by atomic mass is 10.0. The number of rotatable bonds is 7. The maximum Gasteiger partial charge on any atom is 0.227 e. The van der Waals surface area contributed by atoms with Gasteiger partial charge in [0.25, 0.3) is 0 Å². The molecule has 0 aromatic carbocycles. The minimum atomic E-state index is -0.138. The summed E-state index contributed by atoms with van der Waals surface area (Å²) in [6.45, 7) is 8.46. The molecule has 6 nitrogen and oxygen atoms in total. The van der Waals surface area contributed by atoms with Crippen LogP contribution in [0.1, 0.15) is 20.8 Å². The first-order valence-corrected chi connectivity index (χ1v) is 6.92. The number of nitrogens with one attached hydrogen (secondary N) is 3. The fraction of sp³-hybridized carbons (Fsp3) is 0.846. The molecular formula is C13H25N3O3. The SMILES string of the molecule is CCNC1COCC1C(=O)NCCNC(=O)C(C)C. The Hall–Kier alpha value is -1.14. The summed E-state index contributed by atoms with van der Waals surface area (Å²) in [6, 6.07) is 0.0928. The Labute approximate surface area is 114 Å². The van der Waals surface area contributed by atoms with Gasteiger partial charge in [0.05, 0.1) is 19.1 Å². The quantitative estimate of drug-likeness (QED) is 0.545. The first-order valence-electron chi connectivity index (χ1n) is 6.92. The number of carbonyl (C=O) groups is 2. The van der Waals surface area contributed by atoms with Crippen molar-refractivity contribution >= 4 is 11.8 Å². The van der Waals surface area contributed by atoms with E-state index >= 15 is 0 Å². The van der Waals surface area contributed by atoms with Crippen LogP contribution in [0, 0.1) is 11.8 Å². The van der Waals surface area contributed by atoms with Crippen LogP contribution in [-0.4, -0.2) is 50.7 Å². The second-order valence-corrected chi connectivity index (χ2v) is 5.04. The van der Waals surface area contributed by atoms with E-state index in [2.05, 4.69) is 16.0 Å². The summed E-state index contributed by atoms with van der Waals surface area (Å²) >= 11 is 0. The normalized spacial score (nSPS) is 22.5. The standard InChI is InChI=1S/C13H25N3O3/c1-4-14-11-8-19-7-10(11)13(18)16-6-5-15-12(17)9(2)3/h9-11,14H,4-8H2,1-3H3,(H,15,17)(H,16,18). The molecule has 0 aromatic rings. The Kier molecular flexibility index (Phi) is 6.80. The van der Waals surface area contributed by atoms with Gasteiger partial charge < -0.3 is 20.7 Å². The fourth-order valence-corrected chi connectivity index (χ4v) is 1.98. The van der Waals surface area contributed by atoms with Crippen molar-refractivity contribution in [3.63, 3.8) is 0 Å². The molecule has 1 aliphatic heterocycles. The smallest absolute Gasteiger partial charge is 0.227 e. The van der Waals surface area contributed by atoms with Crippen LogP contribution in [0.15, 0.2) is 0 Å². The molecule has 2 amide bonds. The monoisotopic (exact) mass is 271 g/mol. The summed E-state index contributed by atoms with van der Waals surface area (Å²) in [5.74, 6) is -0.177. The molecule has 0 bridgehead atoms. The van der Waals surface area contributed by atoms with Crippen molar-refractivity contribution in [2.24, 2.45) is 11.8 Å². The van der Waals surface area contributed by atoms with Crippen LogP contribution in [0.25, 0.3) is 0 Å². The number of hydrogen-bond donors (Lipinski definition) is 3. The van der Waals surface area contributed by atoms with E-state index in [9.17, 15) is 9.59 Å². The Bertz CT molecular complexity index is 308. The van der Waals surface area contributed by atoms with Gasteiger partial charge in [0.15, 0.2) is 0 Å². The molecule has 3 N–H and O–H groups in total. The van der Waals surface area contributed by atoms with Crippen molar-refractivity contribution in [2.45, 2.75) is 26.8 Å². The van der Waals surface area contributed by atoms with E-state index in [0.717, 1.165) is 6.54 Å². The maximum absolute atomic E-state index is 12.0. The minimum absolute atomic E-state index is 0.00368. The third-order valence-electron chi connectivity index (χ3n) is 3.13. The maximum atomic E-state index is 12.0. The lowest BCUT2D eigenvalue weighted by Crippen LogP contribution is -2.45. The van der Waals surface area contributed by atoms with Gasteiger partial charge in [-0.2, -0.15) is 0 Å². The van der Waals surface area contributed by atoms with Crippen LogP contribution in [0.2, 0.25) is 0 Å². The van der Waals surface area contributed by atoms with Crippen molar-refractivity contribution in [1.82, 2.24) is 16.0 Å². The van der Waals surface area contributed by atoms with Gasteiger partial charge in [0, 0.05) is 25.0 Å². The highest BCUT2D eigenvalue weighted by Gasteiger charge is 2.33. The molecule has 1 rings (SSSR count). The second kappa shape index (κ2) is 8.12. The van der Waals surface area contributed by atoms with E-state index in [4.69, 9.17) is 4.74 Å². The van der Waals surface area contributed by atoms with Gasteiger partial charge in [0.2, 0.25) is 11.8 Å². The number of hydrogen-bond acceptors (Lipinski definition) is 4. The van der Waals surface area contributed by atoms with Gasteiger partial charge in [-0.05, 0) is 6.54 Å². The fourth-order valence-electron chi connectivity index (χ4n) is 1.98. The molecule has 19 heavy (non-hydrogen) atoms. The molecule has 1 aliphatic rings. The van der Waals surface area contributed by atoms with E-state index < -0.39 is 0 Å². The van der Waals surface area contributed by atoms with Crippen molar-refractivity contribution < 1.29 is 14.3 Å². The Morgan fingerprint density at radius 2 is 1.89 bits per heavy atom. The molecule has 0 radical (unpaired) electrons. The van der Waals surface area contributed by atoms with Gasteiger partial charge in [0.1, 0.15) is 0 Å². The molecule has 0 aliphatic carbocycles. The molecule has 1 heterocycles. The Morgan fingerprint density at radius 3 is 2.53 bits per heavy atom. The van der Waals surface area contributed by atoms with Crippen molar-refractivity contribution in [1.29, 1.82) is 0 Å². The second-order valence-electron chi connectivity index (χ2n) is 5.04. The number of ether oxygens (including phenoxy) is 1. The summed E-state index contributed by atoms with van der Waals surface area (Å²) in [4.78, 5) is 23.3. The van der Waals surface area contributed by atoms with Crippen LogP contribution in [0.4, 0.5) is 0 Å². The zero-order chi connectivity index (χ0) is 14.3. The number of amides is 2. The molecule has 0 aromatic heterocycles. The van der Waals surface area contributed by atoms with Gasteiger partial charge >= 0.3 is 0 Å². The zero-order valence-corrected chi connectivity index (χ0v) is 12.0. The van der Waals surface area contributed by atoms with Crippen LogP contribution in [0.3, 0.4) is 0 Å². The summed E-state index contributed by atoms with van der Waals surface area (Å²) < 4.78 is 5.33.